The quantitative estimate of drug-likeness (QED) is 0.181. The van der Waals surface area contributed by atoms with Gasteiger partial charge in [0.15, 0.2) is 0 Å². The van der Waals surface area contributed by atoms with Crippen molar-refractivity contribution in [3.8, 4) is 0 Å². The number of hydrogen-bond donors (Lipinski definition) is 3. The number of rotatable bonds is 9. The number of nitrogens with zero attached hydrogens (tertiary/aromatic N) is 1. The Kier molecular flexibility index (Phi) is 9.27. The van der Waals surface area contributed by atoms with Crippen molar-refractivity contribution in [1.29, 1.82) is 0 Å². The maximum atomic E-state index is 8.33. The molecule has 0 fully saturated rings. The first-order chi connectivity index (χ1) is 7.20. The summed E-state index contributed by atoms with van der Waals surface area (Å²) in [7, 11) is 0. The van der Waals surface area contributed by atoms with Crippen LogP contribution in [0.4, 0.5) is 0 Å². The molecule has 0 saturated carbocycles. The summed E-state index contributed by atoms with van der Waals surface area (Å²) >= 11 is 0. The lowest BCUT2D eigenvalue weighted by molar-refractivity contribution is 0.316. The Hall–Kier alpha value is -0.770. The molecular formula is C11H25N3O. The van der Waals surface area contributed by atoms with Gasteiger partial charge in [-0.3, -0.25) is 0 Å². The molecule has 1 unspecified atom stereocenters. The van der Waals surface area contributed by atoms with Gasteiger partial charge in [-0.15, -0.1) is 0 Å². The van der Waals surface area contributed by atoms with Crippen LogP contribution in [0.1, 0.15) is 52.4 Å². The fraction of sp³-hybridized carbons (Fsp3) is 0.909. The van der Waals surface area contributed by atoms with Crippen LogP contribution in [-0.4, -0.2) is 23.6 Å². The first-order valence-electron chi connectivity index (χ1n) is 5.90. The highest BCUT2D eigenvalue weighted by atomic mass is 16.4. The van der Waals surface area contributed by atoms with Gasteiger partial charge in [-0.05, 0) is 26.3 Å². The Morgan fingerprint density at radius 1 is 1.40 bits per heavy atom. The predicted octanol–water partition coefficient (Wildman–Crippen LogP) is 2.07. The van der Waals surface area contributed by atoms with Gasteiger partial charge in [-0.25, -0.2) is 0 Å². The molecule has 0 amide bonds. The van der Waals surface area contributed by atoms with Crippen LogP contribution >= 0.6 is 0 Å². The minimum absolute atomic E-state index is 0.315. The van der Waals surface area contributed by atoms with E-state index in [1.54, 1.807) is 0 Å². The third kappa shape index (κ3) is 9.53. The molecule has 0 radical (unpaired) electrons. The lowest BCUT2D eigenvalue weighted by atomic mass is 10.1. The number of amidine groups is 1. The van der Waals surface area contributed by atoms with E-state index in [1.165, 1.54) is 25.7 Å². The van der Waals surface area contributed by atoms with Crippen LogP contribution in [0.5, 0.6) is 0 Å². The molecule has 0 aliphatic rings. The molecule has 0 aromatic rings. The molecule has 0 aliphatic carbocycles. The van der Waals surface area contributed by atoms with E-state index < -0.39 is 0 Å². The highest BCUT2D eigenvalue weighted by Gasteiger charge is 2.00. The Labute approximate surface area is 92.9 Å². The van der Waals surface area contributed by atoms with E-state index >= 15 is 0 Å². The average molecular weight is 215 g/mol. The van der Waals surface area contributed by atoms with Crippen LogP contribution in [-0.2, 0) is 0 Å². The van der Waals surface area contributed by atoms with Gasteiger partial charge in [-0.1, -0.05) is 31.3 Å². The van der Waals surface area contributed by atoms with Crippen LogP contribution in [0.2, 0.25) is 0 Å². The van der Waals surface area contributed by atoms with E-state index in [2.05, 4.69) is 24.3 Å². The van der Waals surface area contributed by atoms with Crippen molar-refractivity contribution in [2.45, 2.75) is 58.4 Å². The Bertz CT molecular complexity index is 171. The predicted molar refractivity (Wildman–Crippen MR) is 64.2 cm³/mol. The fourth-order valence-corrected chi connectivity index (χ4v) is 1.47. The zero-order valence-corrected chi connectivity index (χ0v) is 10.00. The van der Waals surface area contributed by atoms with E-state index in [-0.39, 0.29) is 0 Å². The molecule has 0 aromatic carbocycles. The number of nitrogens with two attached hydrogens (primary N) is 1. The second-order valence-electron chi connectivity index (χ2n) is 4.05. The standard InChI is InChI=1S/C11H25N3O/c1-3-4-5-7-10(2)13-9-6-8-11(12)14-15/h10,13,15H,3-9H2,1-2H3,(H2,12,14). The molecule has 90 valence electrons. The Morgan fingerprint density at radius 3 is 2.73 bits per heavy atom. The summed E-state index contributed by atoms with van der Waals surface area (Å²) in [6.45, 7) is 5.36. The molecule has 0 aromatic heterocycles. The lowest BCUT2D eigenvalue weighted by Gasteiger charge is -2.12. The van der Waals surface area contributed by atoms with E-state index in [1.807, 2.05) is 0 Å². The monoisotopic (exact) mass is 215 g/mol. The van der Waals surface area contributed by atoms with Crippen LogP contribution in [0.25, 0.3) is 0 Å². The second kappa shape index (κ2) is 9.77. The van der Waals surface area contributed by atoms with E-state index in [4.69, 9.17) is 10.9 Å². The van der Waals surface area contributed by atoms with Crippen molar-refractivity contribution in [3.63, 3.8) is 0 Å². The summed E-state index contributed by atoms with van der Waals surface area (Å²) in [5, 5.41) is 14.7. The van der Waals surface area contributed by atoms with E-state index in [9.17, 15) is 0 Å². The molecule has 0 rings (SSSR count). The molecule has 1 atom stereocenters. The van der Waals surface area contributed by atoms with Crippen molar-refractivity contribution >= 4 is 5.84 Å². The Balaban J connectivity index is 3.27. The van der Waals surface area contributed by atoms with Crippen molar-refractivity contribution in [2.24, 2.45) is 10.9 Å². The molecule has 4 heteroatoms. The maximum absolute atomic E-state index is 8.33. The normalized spacial score (nSPS) is 14.1. The fourth-order valence-electron chi connectivity index (χ4n) is 1.47. The summed E-state index contributed by atoms with van der Waals surface area (Å²) < 4.78 is 0. The van der Waals surface area contributed by atoms with Crippen molar-refractivity contribution in [2.75, 3.05) is 6.54 Å². The van der Waals surface area contributed by atoms with Crippen molar-refractivity contribution in [1.82, 2.24) is 5.32 Å². The van der Waals surface area contributed by atoms with Crippen LogP contribution in [0.3, 0.4) is 0 Å². The SMILES string of the molecule is CCCCCC(C)NCCCC(N)=NO. The molecular weight excluding hydrogens is 190 g/mol. The van der Waals surface area contributed by atoms with Gasteiger partial charge in [0, 0.05) is 12.5 Å². The summed E-state index contributed by atoms with van der Waals surface area (Å²) in [6, 6.07) is 0.573. The molecule has 0 spiro atoms. The smallest absolute Gasteiger partial charge is 0.139 e. The number of nitrogens with one attached hydrogen (secondary N) is 1. The highest BCUT2D eigenvalue weighted by Crippen LogP contribution is 2.02. The van der Waals surface area contributed by atoms with Gasteiger partial charge in [-0.2, -0.15) is 0 Å². The summed E-state index contributed by atoms with van der Waals surface area (Å²) in [5.74, 6) is 0.315. The minimum Gasteiger partial charge on any atom is -0.409 e. The maximum Gasteiger partial charge on any atom is 0.139 e. The number of oxime groups is 1. The summed E-state index contributed by atoms with van der Waals surface area (Å²) in [4.78, 5) is 0. The zero-order valence-electron chi connectivity index (χ0n) is 10.00. The van der Waals surface area contributed by atoms with Gasteiger partial charge in [0.05, 0.1) is 0 Å². The molecule has 0 saturated heterocycles. The third-order valence-corrected chi connectivity index (χ3v) is 2.47. The van der Waals surface area contributed by atoms with E-state index in [0.29, 0.717) is 18.3 Å². The van der Waals surface area contributed by atoms with Crippen LogP contribution < -0.4 is 11.1 Å². The van der Waals surface area contributed by atoms with Gasteiger partial charge < -0.3 is 16.3 Å². The van der Waals surface area contributed by atoms with Crippen molar-refractivity contribution in [3.05, 3.63) is 0 Å². The number of hydrogen-bond acceptors (Lipinski definition) is 3. The highest BCUT2D eigenvalue weighted by molar-refractivity contribution is 5.79. The largest absolute Gasteiger partial charge is 0.409 e. The first-order valence-corrected chi connectivity index (χ1v) is 5.90. The topological polar surface area (TPSA) is 70.6 Å². The molecule has 0 bridgehead atoms. The van der Waals surface area contributed by atoms with Crippen LogP contribution in [0, 0.1) is 0 Å². The van der Waals surface area contributed by atoms with Gasteiger partial charge in [0.1, 0.15) is 5.84 Å². The lowest BCUT2D eigenvalue weighted by Crippen LogP contribution is -2.27. The molecule has 4 N–H and O–H groups in total. The first kappa shape index (κ1) is 14.2. The Morgan fingerprint density at radius 2 is 2.13 bits per heavy atom. The summed E-state index contributed by atoms with van der Waals surface area (Å²) in [5.41, 5.74) is 5.36. The number of unbranched alkanes of at least 4 members (excludes halogenated alkanes) is 2. The van der Waals surface area contributed by atoms with Gasteiger partial charge in [0.25, 0.3) is 0 Å². The average Bonchev–Trinajstić information content (AvgIpc) is 2.24. The summed E-state index contributed by atoms with van der Waals surface area (Å²) in [6.07, 6.45) is 6.70. The molecule has 0 heterocycles. The van der Waals surface area contributed by atoms with Crippen molar-refractivity contribution < 1.29 is 5.21 Å². The minimum atomic E-state index is 0.315. The van der Waals surface area contributed by atoms with Crippen LogP contribution in [0.15, 0.2) is 5.16 Å². The van der Waals surface area contributed by atoms with E-state index in [0.717, 1.165) is 13.0 Å². The molecule has 0 aliphatic heterocycles. The second-order valence-corrected chi connectivity index (χ2v) is 4.05. The zero-order chi connectivity index (χ0) is 11.5. The van der Waals surface area contributed by atoms with Gasteiger partial charge in [0.2, 0.25) is 0 Å². The molecule has 4 nitrogen and oxygen atoms in total. The third-order valence-electron chi connectivity index (χ3n) is 2.47. The molecule has 15 heavy (non-hydrogen) atoms. The van der Waals surface area contributed by atoms with Gasteiger partial charge >= 0.3 is 0 Å².